The van der Waals surface area contributed by atoms with E-state index < -0.39 is 0 Å². The van der Waals surface area contributed by atoms with E-state index in [0.29, 0.717) is 11.3 Å². The van der Waals surface area contributed by atoms with Gasteiger partial charge in [0.2, 0.25) is 0 Å². The number of aromatic amines is 1. The Hall–Kier alpha value is -2.34. The van der Waals surface area contributed by atoms with Crippen LogP contribution >= 0.6 is 0 Å². The minimum absolute atomic E-state index is 0.0184. The molecule has 0 radical (unpaired) electrons. The zero-order valence-electron chi connectivity index (χ0n) is 15.7. The third-order valence-electron chi connectivity index (χ3n) is 3.91. The van der Waals surface area contributed by atoms with Crippen LogP contribution in [0.1, 0.15) is 37.9 Å². The molecule has 0 bridgehead atoms. The van der Waals surface area contributed by atoms with Crippen molar-refractivity contribution in [3.05, 3.63) is 64.1 Å². The molecule has 26 heavy (non-hydrogen) atoms. The molecule has 6 heteroatoms. The topological polar surface area (TPSA) is 74.8 Å². The lowest BCUT2D eigenvalue weighted by molar-refractivity contribution is -0.116. The van der Waals surface area contributed by atoms with Gasteiger partial charge >= 0.3 is 0 Å². The largest absolute Gasteiger partial charge is 0.326 e. The van der Waals surface area contributed by atoms with Crippen LogP contribution in [0.4, 0.5) is 4.39 Å². The standard InChI is InChI=1S/C9H9FO.C6H13N.C5H6N2O/c1-7(11)6-8-4-2-3-5-9(8)10;1-6-2-4-7-5-3-6;1-4-5(8)7-3-2-6-4/h2-5H,6H2,1H3;6-7H,2-5H2,1H3;2-3H,1H3,(H,7,8). The molecule has 1 aliphatic heterocycles. The first kappa shape index (κ1) is 21.7. The summed E-state index contributed by atoms with van der Waals surface area (Å²) in [5.41, 5.74) is 0.861. The van der Waals surface area contributed by atoms with E-state index in [-0.39, 0.29) is 23.6 Å². The molecule has 1 saturated heterocycles. The Labute approximate surface area is 154 Å². The van der Waals surface area contributed by atoms with Crippen LogP contribution < -0.4 is 10.9 Å². The minimum atomic E-state index is -0.303. The smallest absolute Gasteiger partial charge is 0.269 e. The number of Topliss-reactive ketones (excluding diaryl/α,β-unsaturated/α-hetero) is 1. The van der Waals surface area contributed by atoms with E-state index >= 15 is 0 Å². The molecule has 1 aliphatic rings. The molecule has 5 nitrogen and oxygen atoms in total. The van der Waals surface area contributed by atoms with Gasteiger partial charge in [-0.15, -0.1) is 0 Å². The molecule has 142 valence electrons. The van der Waals surface area contributed by atoms with E-state index in [1.165, 1.54) is 45.1 Å². The molecule has 0 amide bonds. The third-order valence-corrected chi connectivity index (χ3v) is 3.91. The highest BCUT2D eigenvalue weighted by Gasteiger charge is 2.05. The van der Waals surface area contributed by atoms with Gasteiger partial charge in [0.05, 0.1) is 0 Å². The summed E-state index contributed by atoms with van der Waals surface area (Å²) in [6.45, 7) is 7.91. The van der Waals surface area contributed by atoms with E-state index in [1.54, 1.807) is 31.3 Å². The second kappa shape index (κ2) is 12.1. The van der Waals surface area contributed by atoms with E-state index in [2.05, 4.69) is 22.2 Å². The lowest BCUT2D eigenvalue weighted by Crippen LogP contribution is -2.26. The maximum Gasteiger partial charge on any atom is 0.269 e. The second-order valence-electron chi connectivity index (χ2n) is 6.41. The number of halogens is 1. The number of carbonyl (C=O) groups excluding carboxylic acids is 1. The quantitative estimate of drug-likeness (QED) is 0.862. The molecule has 2 N–H and O–H groups in total. The van der Waals surface area contributed by atoms with E-state index in [1.807, 2.05) is 0 Å². The van der Waals surface area contributed by atoms with Crippen LogP contribution in [0.2, 0.25) is 0 Å². The Balaban J connectivity index is 0.000000201. The molecule has 0 spiro atoms. The predicted octanol–water partition coefficient (Wildman–Crippen LogP) is 3.04. The molecule has 0 atom stereocenters. The lowest BCUT2D eigenvalue weighted by atomic mass is 10.0. The number of H-pyrrole nitrogens is 1. The number of piperidine rings is 1. The number of benzene rings is 1. The molecular weight excluding hydrogens is 333 g/mol. The number of aryl methyl sites for hydroxylation is 1. The summed E-state index contributed by atoms with van der Waals surface area (Å²) < 4.78 is 12.8. The summed E-state index contributed by atoms with van der Waals surface area (Å²) in [6.07, 6.45) is 6.00. The monoisotopic (exact) mass is 361 g/mol. The average Bonchev–Trinajstić information content (AvgIpc) is 2.61. The van der Waals surface area contributed by atoms with Crippen molar-refractivity contribution in [2.75, 3.05) is 13.1 Å². The highest BCUT2D eigenvalue weighted by Crippen LogP contribution is 2.08. The van der Waals surface area contributed by atoms with E-state index in [9.17, 15) is 14.0 Å². The summed E-state index contributed by atoms with van der Waals surface area (Å²) >= 11 is 0. The van der Waals surface area contributed by atoms with Crippen molar-refractivity contribution in [1.29, 1.82) is 0 Å². The first-order valence-electron chi connectivity index (χ1n) is 8.84. The molecule has 2 aromatic rings. The normalized spacial score (nSPS) is 13.7. The Morgan fingerprint density at radius 3 is 2.35 bits per heavy atom. The minimum Gasteiger partial charge on any atom is -0.326 e. The third kappa shape index (κ3) is 9.22. The van der Waals surface area contributed by atoms with Gasteiger partial charge in [-0.05, 0) is 57.3 Å². The van der Waals surface area contributed by atoms with Crippen molar-refractivity contribution in [1.82, 2.24) is 15.3 Å². The predicted molar refractivity (Wildman–Crippen MR) is 102 cm³/mol. The molecule has 1 aromatic heterocycles. The van der Waals surface area contributed by atoms with Crippen molar-refractivity contribution in [3.63, 3.8) is 0 Å². The molecule has 1 aromatic carbocycles. The maximum absolute atomic E-state index is 12.8. The van der Waals surface area contributed by atoms with Crippen LogP contribution in [0.5, 0.6) is 0 Å². The summed E-state index contributed by atoms with van der Waals surface area (Å²) in [5, 5.41) is 3.32. The number of hydrogen-bond acceptors (Lipinski definition) is 4. The van der Waals surface area contributed by atoms with Crippen LogP contribution in [0.25, 0.3) is 0 Å². The molecule has 3 rings (SSSR count). The Bertz CT molecular complexity index is 725. The number of rotatable bonds is 2. The number of ketones is 1. The number of aromatic nitrogens is 2. The maximum atomic E-state index is 12.8. The molecule has 0 saturated carbocycles. The first-order valence-corrected chi connectivity index (χ1v) is 8.84. The summed E-state index contributed by atoms with van der Waals surface area (Å²) in [7, 11) is 0. The molecular formula is C20H28FN3O2. The van der Waals surface area contributed by atoms with Gasteiger partial charge in [-0.2, -0.15) is 0 Å². The van der Waals surface area contributed by atoms with Gasteiger partial charge in [0.25, 0.3) is 5.56 Å². The van der Waals surface area contributed by atoms with Crippen molar-refractivity contribution in [3.8, 4) is 0 Å². The fraction of sp³-hybridized carbons (Fsp3) is 0.450. The number of carbonyl (C=O) groups is 1. The SMILES string of the molecule is CC(=O)Cc1ccccc1F.CC1CCNCC1.Cc1ncc[nH]c1=O. The van der Waals surface area contributed by atoms with Crippen molar-refractivity contribution in [2.45, 2.75) is 40.0 Å². The Morgan fingerprint density at radius 2 is 1.92 bits per heavy atom. The van der Waals surface area contributed by atoms with E-state index in [0.717, 1.165) is 5.92 Å². The summed E-state index contributed by atoms with van der Waals surface area (Å²) in [6, 6.07) is 6.31. The van der Waals surface area contributed by atoms with Crippen LogP contribution in [0.15, 0.2) is 41.5 Å². The van der Waals surface area contributed by atoms with Crippen LogP contribution in [0, 0.1) is 18.7 Å². The number of hydrogen-bond donors (Lipinski definition) is 2. The Kier molecular flexibility index (Phi) is 10.1. The van der Waals surface area contributed by atoms with Gasteiger partial charge in [-0.25, -0.2) is 4.39 Å². The Morgan fingerprint density at radius 1 is 1.27 bits per heavy atom. The second-order valence-corrected chi connectivity index (χ2v) is 6.41. The fourth-order valence-electron chi connectivity index (χ4n) is 2.30. The number of nitrogens with one attached hydrogen (secondary N) is 2. The van der Waals surface area contributed by atoms with Gasteiger partial charge in [-0.1, -0.05) is 25.1 Å². The van der Waals surface area contributed by atoms with Gasteiger partial charge in [0, 0.05) is 18.8 Å². The summed E-state index contributed by atoms with van der Waals surface area (Å²) in [5.74, 6) is 0.652. The van der Waals surface area contributed by atoms with Crippen molar-refractivity contribution < 1.29 is 9.18 Å². The van der Waals surface area contributed by atoms with Gasteiger partial charge in [0.15, 0.2) is 0 Å². The van der Waals surface area contributed by atoms with Gasteiger partial charge in [0.1, 0.15) is 17.3 Å². The number of nitrogens with zero attached hydrogens (tertiary/aromatic N) is 1. The molecule has 0 unspecified atom stereocenters. The highest BCUT2D eigenvalue weighted by molar-refractivity contribution is 5.78. The molecule has 1 fully saturated rings. The van der Waals surface area contributed by atoms with Crippen LogP contribution in [0.3, 0.4) is 0 Å². The lowest BCUT2D eigenvalue weighted by Gasteiger charge is -2.17. The fourth-order valence-corrected chi connectivity index (χ4v) is 2.30. The van der Waals surface area contributed by atoms with Gasteiger partial charge in [-0.3, -0.25) is 14.6 Å². The average molecular weight is 361 g/mol. The zero-order valence-corrected chi connectivity index (χ0v) is 15.7. The van der Waals surface area contributed by atoms with Crippen molar-refractivity contribution >= 4 is 5.78 Å². The molecule has 2 heterocycles. The molecule has 0 aliphatic carbocycles. The zero-order chi connectivity index (χ0) is 19.4. The first-order chi connectivity index (χ1) is 12.4. The van der Waals surface area contributed by atoms with Gasteiger partial charge < -0.3 is 10.3 Å². The van der Waals surface area contributed by atoms with Crippen LogP contribution in [-0.2, 0) is 11.2 Å². The summed E-state index contributed by atoms with van der Waals surface area (Å²) in [4.78, 5) is 27.3. The van der Waals surface area contributed by atoms with Crippen molar-refractivity contribution in [2.24, 2.45) is 5.92 Å². The highest BCUT2D eigenvalue weighted by atomic mass is 19.1. The van der Waals surface area contributed by atoms with Crippen LogP contribution in [-0.4, -0.2) is 28.8 Å². The van der Waals surface area contributed by atoms with E-state index in [4.69, 9.17) is 0 Å².